The molecule has 0 spiro atoms. The minimum absolute atomic E-state index is 0.231. The molecule has 1 aliphatic rings. The van der Waals surface area contributed by atoms with Crippen molar-refractivity contribution in [1.29, 1.82) is 0 Å². The Kier molecular flexibility index (Phi) is 3.39. The average Bonchev–Trinajstić information content (AvgIpc) is 3.10. The van der Waals surface area contributed by atoms with E-state index in [-0.39, 0.29) is 6.61 Å². The molecule has 90 valence electrons. The molecule has 2 atom stereocenters. The fourth-order valence-corrected chi connectivity index (χ4v) is 1.48. The number of epoxide rings is 1. The molecular formula is C12H12O5. The highest BCUT2D eigenvalue weighted by molar-refractivity contribution is 5.88. The molecule has 2 rings (SSSR count). The third-order valence-electron chi connectivity index (χ3n) is 2.45. The van der Waals surface area contributed by atoms with Crippen LogP contribution in [0.15, 0.2) is 30.3 Å². The Labute approximate surface area is 98.0 Å². The van der Waals surface area contributed by atoms with E-state index in [1.54, 1.807) is 0 Å². The summed E-state index contributed by atoms with van der Waals surface area (Å²) in [5, 5.41) is 8.54. The summed E-state index contributed by atoms with van der Waals surface area (Å²) in [6.07, 6.45) is -1.35. The fraction of sp³-hybridized carbons (Fsp3) is 0.333. The molecule has 5 nitrogen and oxygen atoms in total. The molecule has 1 aromatic carbocycles. The van der Waals surface area contributed by atoms with E-state index in [1.807, 2.05) is 30.3 Å². The third kappa shape index (κ3) is 3.04. The summed E-state index contributed by atoms with van der Waals surface area (Å²) >= 11 is 0. The molecule has 0 aromatic heterocycles. The van der Waals surface area contributed by atoms with Crippen LogP contribution >= 0.6 is 0 Å². The van der Waals surface area contributed by atoms with E-state index in [0.29, 0.717) is 6.42 Å². The van der Waals surface area contributed by atoms with Crippen LogP contribution in [0.25, 0.3) is 0 Å². The van der Waals surface area contributed by atoms with Gasteiger partial charge in [0.25, 0.3) is 0 Å². The maximum atomic E-state index is 11.3. The summed E-state index contributed by atoms with van der Waals surface area (Å²) < 4.78 is 9.59. The summed E-state index contributed by atoms with van der Waals surface area (Å²) in [5.41, 5.74) is 1.06. The van der Waals surface area contributed by atoms with Crippen molar-refractivity contribution in [3.05, 3.63) is 35.9 Å². The first kappa shape index (κ1) is 11.6. The molecule has 1 heterocycles. The molecule has 0 amide bonds. The van der Waals surface area contributed by atoms with Gasteiger partial charge in [0.1, 0.15) is 0 Å². The van der Waals surface area contributed by atoms with Gasteiger partial charge < -0.3 is 14.6 Å². The predicted octanol–water partition coefficient (Wildman–Crippen LogP) is 0.624. The summed E-state index contributed by atoms with van der Waals surface area (Å²) in [4.78, 5) is 21.7. The number of benzene rings is 1. The second-order valence-corrected chi connectivity index (χ2v) is 3.72. The van der Waals surface area contributed by atoms with Crippen LogP contribution in [0.5, 0.6) is 0 Å². The molecule has 0 bridgehead atoms. The Balaban J connectivity index is 1.70. The Bertz CT molecular complexity index is 414. The SMILES string of the molecule is O=C(O)C1OC1C(=O)OCCc1ccccc1. The lowest BCUT2D eigenvalue weighted by atomic mass is 10.2. The minimum atomic E-state index is -1.13. The molecule has 1 aromatic rings. The van der Waals surface area contributed by atoms with Gasteiger partial charge in [0.2, 0.25) is 0 Å². The largest absolute Gasteiger partial charge is 0.479 e. The van der Waals surface area contributed by atoms with Crippen molar-refractivity contribution in [2.45, 2.75) is 18.6 Å². The van der Waals surface area contributed by atoms with E-state index in [9.17, 15) is 9.59 Å². The average molecular weight is 236 g/mol. The Morgan fingerprint density at radius 2 is 1.94 bits per heavy atom. The molecule has 0 radical (unpaired) electrons. The van der Waals surface area contributed by atoms with Crippen molar-refractivity contribution < 1.29 is 24.2 Å². The second-order valence-electron chi connectivity index (χ2n) is 3.72. The summed E-state index contributed by atoms with van der Waals surface area (Å²) in [5.74, 6) is -1.73. The van der Waals surface area contributed by atoms with Crippen LogP contribution < -0.4 is 0 Å². The van der Waals surface area contributed by atoms with Crippen molar-refractivity contribution >= 4 is 11.9 Å². The van der Waals surface area contributed by atoms with Gasteiger partial charge in [0.15, 0.2) is 12.2 Å². The van der Waals surface area contributed by atoms with E-state index in [4.69, 9.17) is 9.84 Å². The van der Waals surface area contributed by atoms with E-state index in [2.05, 4.69) is 4.74 Å². The zero-order chi connectivity index (χ0) is 12.3. The van der Waals surface area contributed by atoms with Crippen molar-refractivity contribution in [1.82, 2.24) is 0 Å². The zero-order valence-corrected chi connectivity index (χ0v) is 9.04. The van der Waals surface area contributed by atoms with Crippen LogP contribution in [0.4, 0.5) is 0 Å². The van der Waals surface area contributed by atoms with Gasteiger partial charge in [-0.05, 0) is 5.56 Å². The molecule has 2 unspecified atom stereocenters. The number of carbonyl (C=O) groups excluding carboxylic acids is 1. The summed E-state index contributed by atoms with van der Waals surface area (Å²) in [7, 11) is 0. The highest BCUT2D eigenvalue weighted by Crippen LogP contribution is 2.23. The fourth-order valence-electron chi connectivity index (χ4n) is 1.48. The van der Waals surface area contributed by atoms with Crippen LogP contribution in [0.3, 0.4) is 0 Å². The minimum Gasteiger partial charge on any atom is -0.479 e. The first-order valence-corrected chi connectivity index (χ1v) is 5.27. The molecule has 1 fully saturated rings. The Hall–Kier alpha value is -1.88. The molecule has 1 N–H and O–H groups in total. The Morgan fingerprint density at radius 1 is 1.24 bits per heavy atom. The molecule has 17 heavy (non-hydrogen) atoms. The van der Waals surface area contributed by atoms with E-state index >= 15 is 0 Å². The molecule has 5 heteroatoms. The van der Waals surface area contributed by atoms with E-state index in [0.717, 1.165) is 5.56 Å². The Morgan fingerprint density at radius 3 is 2.53 bits per heavy atom. The lowest BCUT2D eigenvalue weighted by molar-refractivity contribution is -0.145. The van der Waals surface area contributed by atoms with Crippen molar-refractivity contribution in [3.63, 3.8) is 0 Å². The van der Waals surface area contributed by atoms with Gasteiger partial charge in [0, 0.05) is 6.42 Å². The van der Waals surface area contributed by atoms with Gasteiger partial charge in [0.05, 0.1) is 6.61 Å². The number of rotatable bonds is 5. The maximum absolute atomic E-state index is 11.3. The number of ether oxygens (including phenoxy) is 2. The van der Waals surface area contributed by atoms with Gasteiger partial charge in [-0.2, -0.15) is 0 Å². The van der Waals surface area contributed by atoms with Crippen molar-refractivity contribution in [2.24, 2.45) is 0 Å². The first-order chi connectivity index (χ1) is 8.18. The van der Waals surface area contributed by atoms with Crippen LogP contribution in [-0.2, 0) is 25.5 Å². The second kappa shape index (κ2) is 4.97. The normalized spacial score (nSPS) is 21.9. The lowest BCUT2D eigenvalue weighted by Gasteiger charge is -2.02. The topological polar surface area (TPSA) is 76.1 Å². The number of esters is 1. The summed E-state index contributed by atoms with van der Waals surface area (Å²) in [6.45, 7) is 0.231. The number of hydrogen-bond acceptors (Lipinski definition) is 4. The van der Waals surface area contributed by atoms with E-state index < -0.39 is 24.1 Å². The number of carbonyl (C=O) groups is 2. The molecular weight excluding hydrogens is 224 g/mol. The van der Waals surface area contributed by atoms with Gasteiger partial charge in [-0.3, -0.25) is 0 Å². The monoisotopic (exact) mass is 236 g/mol. The molecule has 0 aliphatic carbocycles. The lowest BCUT2D eigenvalue weighted by Crippen LogP contribution is -2.19. The van der Waals surface area contributed by atoms with Crippen LogP contribution in [0.1, 0.15) is 5.56 Å². The van der Waals surface area contributed by atoms with Crippen LogP contribution in [-0.4, -0.2) is 35.9 Å². The third-order valence-corrected chi connectivity index (χ3v) is 2.45. The number of hydrogen-bond donors (Lipinski definition) is 1. The number of aliphatic carboxylic acids is 1. The van der Waals surface area contributed by atoms with E-state index in [1.165, 1.54) is 0 Å². The number of carboxylic acids is 1. The highest BCUT2D eigenvalue weighted by Gasteiger charge is 2.51. The maximum Gasteiger partial charge on any atom is 0.338 e. The number of carboxylic acid groups (broad SMARTS) is 1. The van der Waals surface area contributed by atoms with Crippen molar-refractivity contribution in [2.75, 3.05) is 6.61 Å². The van der Waals surface area contributed by atoms with Gasteiger partial charge >= 0.3 is 11.9 Å². The van der Waals surface area contributed by atoms with Gasteiger partial charge in [-0.25, -0.2) is 9.59 Å². The van der Waals surface area contributed by atoms with Crippen LogP contribution in [0, 0.1) is 0 Å². The van der Waals surface area contributed by atoms with Crippen LogP contribution in [0.2, 0.25) is 0 Å². The standard InChI is InChI=1S/C12H12O5/c13-11(14)9-10(17-9)12(15)16-7-6-8-4-2-1-3-5-8/h1-5,9-10H,6-7H2,(H,13,14). The highest BCUT2D eigenvalue weighted by atomic mass is 16.7. The van der Waals surface area contributed by atoms with Gasteiger partial charge in [-0.15, -0.1) is 0 Å². The first-order valence-electron chi connectivity index (χ1n) is 5.27. The molecule has 1 saturated heterocycles. The van der Waals surface area contributed by atoms with Crippen molar-refractivity contribution in [3.8, 4) is 0 Å². The summed E-state index contributed by atoms with van der Waals surface area (Å²) in [6, 6.07) is 9.58. The predicted molar refractivity (Wildman–Crippen MR) is 57.4 cm³/mol. The molecule has 1 aliphatic heterocycles. The molecule has 0 saturated carbocycles. The smallest absolute Gasteiger partial charge is 0.338 e. The zero-order valence-electron chi connectivity index (χ0n) is 9.04. The van der Waals surface area contributed by atoms with Gasteiger partial charge in [-0.1, -0.05) is 30.3 Å². The quantitative estimate of drug-likeness (QED) is 0.599.